The van der Waals surface area contributed by atoms with Crippen molar-refractivity contribution in [3.05, 3.63) is 47.0 Å². The van der Waals surface area contributed by atoms with E-state index in [4.69, 9.17) is 0 Å². The third-order valence-corrected chi connectivity index (χ3v) is 7.48. The van der Waals surface area contributed by atoms with Crippen molar-refractivity contribution < 1.29 is 4.79 Å². The lowest BCUT2D eigenvalue weighted by molar-refractivity contribution is -0.117. The zero-order valence-electron chi connectivity index (χ0n) is 19.4. The minimum atomic E-state index is -0.0466. The second-order valence-corrected chi connectivity index (χ2v) is 9.44. The maximum absolute atomic E-state index is 13.0. The van der Waals surface area contributed by atoms with Crippen LogP contribution in [0.1, 0.15) is 73.1 Å². The number of hydrogen-bond donors (Lipinski definition) is 1. The second kappa shape index (κ2) is 8.99. The van der Waals surface area contributed by atoms with Crippen LogP contribution in [0.15, 0.2) is 24.4 Å². The van der Waals surface area contributed by atoms with Crippen LogP contribution in [0.2, 0.25) is 0 Å². The highest BCUT2D eigenvalue weighted by Crippen LogP contribution is 2.37. The van der Waals surface area contributed by atoms with E-state index in [-0.39, 0.29) is 5.91 Å². The number of hydrogen-bond acceptors (Lipinski definition) is 5. The molecule has 0 aromatic carbocycles. The number of nitrogens with one attached hydrogen (secondary N) is 1. The number of pyridine rings is 1. The van der Waals surface area contributed by atoms with Crippen molar-refractivity contribution in [3.8, 4) is 6.07 Å². The van der Waals surface area contributed by atoms with Crippen LogP contribution in [-0.4, -0.2) is 49.6 Å². The summed E-state index contributed by atoms with van der Waals surface area (Å²) in [7, 11) is 0. The Labute approximate surface area is 194 Å². The molecule has 1 amide bonds. The Morgan fingerprint density at radius 1 is 1.15 bits per heavy atom. The van der Waals surface area contributed by atoms with E-state index in [9.17, 15) is 10.1 Å². The Bertz CT molecular complexity index is 1200. The molecular weight excluding hydrogens is 414 g/mol. The number of carbonyl (C=O) groups is 1. The number of nitriles is 1. The number of likely N-dealkylation sites (tertiary alicyclic amines) is 1. The lowest BCUT2D eigenvalue weighted by atomic mass is 9.96. The van der Waals surface area contributed by atoms with Crippen molar-refractivity contribution in [1.29, 1.82) is 5.26 Å². The molecule has 5 rings (SSSR count). The van der Waals surface area contributed by atoms with Gasteiger partial charge < -0.3 is 9.88 Å². The number of rotatable bonds is 5. The normalized spacial score (nSPS) is 18.1. The lowest BCUT2D eigenvalue weighted by Gasteiger charge is -2.30. The van der Waals surface area contributed by atoms with Gasteiger partial charge in [0.2, 0.25) is 5.91 Å². The Morgan fingerprint density at radius 3 is 2.64 bits per heavy atom. The fourth-order valence-electron chi connectivity index (χ4n) is 5.57. The Kier molecular flexibility index (Phi) is 5.90. The summed E-state index contributed by atoms with van der Waals surface area (Å²) < 4.78 is 4.28. The van der Waals surface area contributed by atoms with Crippen LogP contribution in [0.4, 0.5) is 5.82 Å². The maximum atomic E-state index is 13.0. The summed E-state index contributed by atoms with van der Waals surface area (Å²) in [5.41, 5.74) is 3.54. The SMILES string of the molecule is Cc1c(C#N)c(NC(=O)CN2CCC(c3nnc4ccccn34)CC2)n(C2CCCC2)c1C. The summed E-state index contributed by atoms with van der Waals surface area (Å²) in [6.45, 7) is 6.06. The number of carbonyl (C=O) groups excluding carboxylic acids is 1. The number of fused-ring (bicyclic) bond motifs is 1. The number of nitrogens with zero attached hydrogens (tertiary/aromatic N) is 6. The summed E-state index contributed by atoms with van der Waals surface area (Å²) in [6, 6.07) is 8.64. The molecule has 1 saturated carbocycles. The topological polar surface area (TPSA) is 91.2 Å². The van der Waals surface area contributed by atoms with Crippen molar-refractivity contribution >= 4 is 17.4 Å². The standard InChI is InChI=1S/C25H31N7O/c1-17-18(2)32(20-7-3-4-8-20)25(21(17)15-26)27-23(33)16-30-13-10-19(11-14-30)24-29-28-22-9-5-6-12-31(22)24/h5-6,9,12,19-20H,3-4,7-8,10-11,13-14,16H2,1-2H3,(H,27,33). The summed E-state index contributed by atoms with van der Waals surface area (Å²) in [5, 5.41) is 21.6. The first-order valence-electron chi connectivity index (χ1n) is 12.0. The van der Waals surface area contributed by atoms with Gasteiger partial charge in [-0.15, -0.1) is 10.2 Å². The third kappa shape index (κ3) is 4.02. The molecule has 4 heterocycles. The predicted octanol–water partition coefficient (Wildman–Crippen LogP) is 3.95. The second-order valence-electron chi connectivity index (χ2n) is 9.44. The molecule has 33 heavy (non-hydrogen) atoms. The van der Waals surface area contributed by atoms with Gasteiger partial charge in [-0.2, -0.15) is 5.26 Å². The Hall–Kier alpha value is -3.18. The molecular formula is C25H31N7O. The van der Waals surface area contributed by atoms with Gasteiger partial charge in [0.15, 0.2) is 5.65 Å². The fourth-order valence-corrected chi connectivity index (χ4v) is 5.57. The van der Waals surface area contributed by atoms with Gasteiger partial charge in [0.05, 0.1) is 12.1 Å². The van der Waals surface area contributed by atoms with E-state index >= 15 is 0 Å². The number of anilines is 1. The largest absolute Gasteiger partial charge is 0.327 e. The van der Waals surface area contributed by atoms with Crippen LogP contribution in [-0.2, 0) is 4.79 Å². The molecule has 2 aliphatic rings. The molecule has 1 saturated heterocycles. The first-order chi connectivity index (χ1) is 16.1. The monoisotopic (exact) mass is 445 g/mol. The molecule has 3 aromatic rings. The van der Waals surface area contributed by atoms with Crippen LogP contribution in [0, 0.1) is 25.2 Å². The zero-order valence-corrected chi connectivity index (χ0v) is 19.4. The molecule has 0 unspecified atom stereocenters. The average molecular weight is 446 g/mol. The summed E-state index contributed by atoms with van der Waals surface area (Å²) in [6.07, 6.45) is 8.52. The average Bonchev–Trinajstić information content (AvgIpc) is 3.54. The Balaban J connectivity index is 1.24. The van der Waals surface area contributed by atoms with Gasteiger partial charge in [-0.3, -0.25) is 14.1 Å². The molecule has 1 N–H and O–H groups in total. The van der Waals surface area contributed by atoms with Gasteiger partial charge in [-0.1, -0.05) is 18.9 Å². The predicted molar refractivity (Wildman–Crippen MR) is 126 cm³/mol. The quantitative estimate of drug-likeness (QED) is 0.642. The van der Waals surface area contributed by atoms with Gasteiger partial charge in [0.1, 0.15) is 17.7 Å². The summed E-state index contributed by atoms with van der Waals surface area (Å²) in [4.78, 5) is 15.2. The Morgan fingerprint density at radius 2 is 1.91 bits per heavy atom. The highest BCUT2D eigenvalue weighted by atomic mass is 16.2. The molecule has 0 spiro atoms. The van der Waals surface area contributed by atoms with Crippen molar-refractivity contribution in [2.45, 2.75) is 64.3 Å². The maximum Gasteiger partial charge on any atom is 0.239 e. The number of amides is 1. The van der Waals surface area contributed by atoms with Crippen molar-refractivity contribution in [3.63, 3.8) is 0 Å². The van der Waals surface area contributed by atoms with Crippen molar-refractivity contribution in [2.75, 3.05) is 25.0 Å². The first-order valence-corrected chi connectivity index (χ1v) is 12.0. The van der Waals surface area contributed by atoms with E-state index in [2.05, 4.69) is 42.4 Å². The van der Waals surface area contributed by atoms with Gasteiger partial charge >= 0.3 is 0 Å². The van der Waals surface area contributed by atoms with E-state index in [0.717, 1.165) is 61.5 Å². The van der Waals surface area contributed by atoms with Crippen LogP contribution in [0.3, 0.4) is 0 Å². The minimum absolute atomic E-state index is 0.0466. The molecule has 1 aliphatic heterocycles. The van der Waals surface area contributed by atoms with Gasteiger partial charge in [-0.25, -0.2) is 0 Å². The van der Waals surface area contributed by atoms with Crippen molar-refractivity contribution in [1.82, 2.24) is 24.1 Å². The fraction of sp³-hybridized carbons (Fsp3) is 0.520. The lowest BCUT2D eigenvalue weighted by Crippen LogP contribution is -2.39. The summed E-state index contributed by atoms with van der Waals surface area (Å²) >= 11 is 0. The zero-order chi connectivity index (χ0) is 22.9. The van der Waals surface area contributed by atoms with Crippen LogP contribution < -0.4 is 5.32 Å². The molecule has 0 radical (unpaired) electrons. The van der Waals surface area contributed by atoms with Gasteiger partial charge in [-0.05, 0) is 70.3 Å². The highest BCUT2D eigenvalue weighted by Gasteiger charge is 2.28. The molecule has 3 aromatic heterocycles. The van der Waals surface area contributed by atoms with Gasteiger partial charge in [0, 0.05) is 23.9 Å². The first kappa shape index (κ1) is 21.7. The van der Waals surface area contributed by atoms with E-state index in [1.54, 1.807) is 0 Å². The van der Waals surface area contributed by atoms with E-state index < -0.39 is 0 Å². The number of aromatic nitrogens is 4. The molecule has 8 heteroatoms. The van der Waals surface area contributed by atoms with Crippen molar-refractivity contribution in [2.24, 2.45) is 0 Å². The molecule has 0 bridgehead atoms. The molecule has 0 atom stereocenters. The summed E-state index contributed by atoms with van der Waals surface area (Å²) in [5.74, 6) is 1.99. The van der Waals surface area contributed by atoms with E-state index in [0.29, 0.717) is 29.9 Å². The van der Waals surface area contributed by atoms with E-state index in [1.165, 1.54) is 12.8 Å². The van der Waals surface area contributed by atoms with Gasteiger partial charge in [0.25, 0.3) is 0 Å². The molecule has 8 nitrogen and oxygen atoms in total. The molecule has 2 fully saturated rings. The smallest absolute Gasteiger partial charge is 0.239 e. The highest BCUT2D eigenvalue weighted by molar-refractivity contribution is 5.93. The van der Waals surface area contributed by atoms with Crippen LogP contribution in [0.25, 0.3) is 5.65 Å². The van der Waals surface area contributed by atoms with Crippen LogP contribution >= 0.6 is 0 Å². The minimum Gasteiger partial charge on any atom is -0.327 e. The third-order valence-electron chi connectivity index (χ3n) is 7.48. The molecule has 1 aliphatic carbocycles. The number of piperidine rings is 1. The van der Waals surface area contributed by atoms with Crippen LogP contribution in [0.5, 0.6) is 0 Å². The van der Waals surface area contributed by atoms with E-state index in [1.807, 2.05) is 31.3 Å². The molecule has 172 valence electrons.